The maximum absolute atomic E-state index is 12.7. The molecule has 4 heterocycles. The Hall–Kier alpha value is -2.38. The lowest BCUT2D eigenvalue weighted by atomic mass is 9.97. The van der Waals surface area contributed by atoms with Crippen LogP contribution >= 0.6 is 0 Å². The van der Waals surface area contributed by atoms with Gasteiger partial charge in [-0.05, 0) is 25.7 Å². The van der Waals surface area contributed by atoms with Gasteiger partial charge in [-0.25, -0.2) is 9.78 Å². The largest absolute Gasteiger partial charge is 0.330 e. The van der Waals surface area contributed by atoms with Crippen molar-refractivity contribution in [2.75, 3.05) is 26.2 Å². The summed E-state index contributed by atoms with van der Waals surface area (Å²) in [5.41, 5.74) is 0. The van der Waals surface area contributed by atoms with Crippen molar-refractivity contribution in [3.63, 3.8) is 0 Å². The van der Waals surface area contributed by atoms with Gasteiger partial charge in [-0.15, -0.1) is 10.2 Å². The average Bonchev–Trinajstić information content (AvgIpc) is 3.38. The normalized spacial score (nSPS) is 21.1. The number of likely N-dealkylation sites (tertiary alicyclic amines) is 2. The first-order chi connectivity index (χ1) is 12.2. The van der Waals surface area contributed by atoms with Crippen molar-refractivity contribution in [3.8, 4) is 0 Å². The Morgan fingerprint density at radius 2 is 1.96 bits per heavy atom. The van der Waals surface area contributed by atoms with E-state index in [-0.39, 0.29) is 11.9 Å². The van der Waals surface area contributed by atoms with Crippen LogP contribution < -0.4 is 0 Å². The smallest absolute Gasteiger partial charge is 0.320 e. The molecule has 2 aliphatic rings. The second kappa shape index (κ2) is 6.85. The van der Waals surface area contributed by atoms with E-state index >= 15 is 0 Å². The zero-order valence-corrected chi connectivity index (χ0v) is 14.7. The van der Waals surface area contributed by atoms with Crippen molar-refractivity contribution in [2.45, 2.75) is 38.1 Å². The summed E-state index contributed by atoms with van der Waals surface area (Å²) in [5, 5.41) is 8.80. The monoisotopic (exact) mass is 343 g/mol. The summed E-state index contributed by atoms with van der Waals surface area (Å²) in [4.78, 5) is 20.7. The fraction of sp³-hybridized carbons (Fsp3) is 0.647. The Bertz CT molecular complexity index is 717. The van der Waals surface area contributed by atoms with E-state index < -0.39 is 0 Å². The molecule has 0 aromatic carbocycles. The lowest BCUT2D eigenvalue weighted by Crippen LogP contribution is -2.46. The van der Waals surface area contributed by atoms with Crippen molar-refractivity contribution >= 4 is 6.03 Å². The van der Waals surface area contributed by atoms with Gasteiger partial charge in [0.15, 0.2) is 5.82 Å². The van der Waals surface area contributed by atoms with Crippen molar-refractivity contribution in [3.05, 3.63) is 30.4 Å². The van der Waals surface area contributed by atoms with Crippen molar-refractivity contribution in [1.29, 1.82) is 0 Å². The lowest BCUT2D eigenvalue weighted by molar-refractivity contribution is 0.145. The van der Waals surface area contributed by atoms with Crippen LogP contribution in [0.4, 0.5) is 4.79 Å². The number of rotatable bonds is 3. The van der Waals surface area contributed by atoms with Crippen molar-refractivity contribution < 1.29 is 4.79 Å². The van der Waals surface area contributed by atoms with Gasteiger partial charge >= 0.3 is 6.03 Å². The second-order valence-corrected chi connectivity index (χ2v) is 7.03. The van der Waals surface area contributed by atoms with E-state index in [9.17, 15) is 4.79 Å². The molecule has 134 valence electrons. The summed E-state index contributed by atoms with van der Waals surface area (Å²) in [7, 11) is 2.02. The van der Waals surface area contributed by atoms with E-state index in [4.69, 9.17) is 0 Å². The zero-order chi connectivity index (χ0) is 17.2. The summed E-state index contributed by atoms with van der Waals surface area (Å²) in [6.45, 7) is 4.06. The van der Waals surface area contributed by atoms with E-state index in [1.54, 1.807) is 12.5 Å². The molecule has 1 atom stereocenters. The van der Waals surface area contributed by atoms with Crippen LogP contribution in [0.2, 0.25) is 0 Å². The number of hydrogen-bond acceptors (Lipinski definition) is 4. The minimum atomic E-state index is 0.197. The second-order valence-electron chi connectivity index (χ2n) is 7.03. The molecule has 0 N–H and O–H groups in total. The molecule has 8 nitrogen and oxygen atoms in total. The van der Waals surface area contributed by atoms with Crippen LogP contribution in [0.15, 0.2) is 18.7 Å². The summed E-state index contributed by atoms with van der Waals surface area (Å²) in [6.07, 6.45) is 9.81. The van der Waals surface area contributed by atoms with Crippen LogP contribution in [-0.2, 0) is 13.6 Å². The highest BCUT2D eigenvalue weighted by molar-refractivity contribution is 5.74. The SMILES string of the molecule is Cn1c(Cn2ccnc2)nnc1[C@@H]1CCCN(C(=O)N2CCCC2)C1. The first kappa shape index (κ1) is 16.1. The molecule has 2 saturated heterocycles. The fourth-order valence-electron chi connectivity index (χ4n) is 3.88. The van der Waals surface area contributed by atoms with Gasteiger partial charge < -0.3 is 18.9 Å². The molecule has 2 amide bonds. The maximum Gasteiger partial charge on any atom is 0.320 e. The number of carbonyl (C=O) groups excluding carboxylic acids is 1. The first-order valence-corrected chi connectivity index (χ1v) is 9.10. The zero-order valence-electron chi connectivity index (χ0n) is 14.7. The molecular weight excluding hydrogens is 318 g/mol. The van der Waals surface area contributed by atoms with Gasteiger partial charge in [0.1, 0.15) is 5.82 Å². The average molecular weight is 343 g/mol. The van der Waals surface area contributed by atoms with Crippen LogP contribution in [0, 0.1) is 0 Å². The molecule has 25 heavy (non-hydrogen) atoms. The molecule has 0 unspecified atom stereocenters. The number of aromatic nitrogens is 5. The third-order valence-corrected chi connectivity index (χ3v) is 5.32. The number of piperidine rings is 1. The summed E-state index contributed by atoms with van der Waals surface area (Å²) in [5.74, 6) is 2.15. The predicted octanol–water partition coefficient (Wildman–Crippen LogP) is 1.46. The molecule has 0 saturated carbocycles. The minimum Gasteiger partial charge on any atom is -0.330 e. The number of amides is 2. The van der Waals surface area contributed by atoms with Crippen LogP contribution in [0.5, 0.6) is 0 Å². The maximum atomic E-state index is 12.7. The summed E-state index contributed by atoms with van der Waals surface area (Å²) >= 11 is 0. The molecule has 4 rings (SSSR count). The highest BCUT2D eigenvalue weighted by atomic mass is 16.2. The molecule has 2 aromatic rings. The topological polar surface area (TPSA) is 72.1 Å². The van der Waals surface area contributed by atoms with Crippen LogP contribution in [0.25, 0.3) is 0 Å². The number of urea groups is 1. The number of nitrogens with zero attached hydrogens (tertiary/aromatic N) is 7. The van der Waals surface area contributed by atoms with Gasteiger partial charge in [0.2, 0.25) is 0 Å². The highest BCUT2D eigenvalue weighted by Gasteiger charge is 2.31. The fourth-order valence-corrected chi connectivity index (χ4v) is 3.88. The number of imidazole rings is 1. The quantitative estimate of drug-likeness (QED) is 0.846. The standard InChI is InChI=1S/C17H25N7O/c1-21-15(12-22-10-6-18-13-22)19-20-16(21)14-5-4-9-24(11-14)17(25)23-7-2-3-8-23/h6,10,13-14H,2-5,7-9,11-12H2,1H3/t14-/m1/s1. The van der Waals surface area contributed by atoms with E-state index in [0.29, 0.717) is 6.54 Å². The minimum absolute atomic E-state index is 0.197. The summed E-state index contributed by atoms with van der Waals surface area (Å²) < 4.78 is 4.06. The van der Waals surface area contributed by atoms with Gasteiger partial charge in [0, 0.05) is 51.5 Å². The summed E-state index contributed by atoms with van der Waals surface area (Å²) in [6, 6.07) is 0.197. The molecule has 2 fully saturated rings. The van der Waals surface area contributed by atoms with Gasteiger partial charge in [-0.1, -0.05) is 0 Å². The number of carbonyl (C=O) groups is 1. The highest BCUT2D eigenvalue weighted by Crippen LogP contribution is 2.27. The molecule has 2 aromatic heterocycles. The molecule has 0 spiro atoms. The van der Waals surface area contributed by atoms with E-state index in [2.05, 4.69) is 19.7 Å². The Morgan fingerprint density at radius 3 is 2.72 bits per heavy atom. The first-order valence-electron chi connectivity index (χ1n) is 9.10. The van der Waals surface area contributed by atoms with Crippen LogP contribution in [0.3, 0.4) is 0 Å². The van der Waals surface area contributed by atoms with Gasteiger partial charge in [-0.3, -0.25) is 0 Å². The Kier molecular flexibility index (Phi) is 4.42. The lowest BCUT2D eigenvalue weighted by Gasteiger charge is -2.34. The van der Waals surface area contributed by atoms with E-state index in [1.807, 2.05) is 27.6 Å². The van der Waals surface area contributed by atoms with Gasteiger partial charge in [-0.2, -0.15) is 0 Å². The molecule has 0 bridgehead atoms. The Labute approximate surface area is 147 Å². The third-order valence-electron chi connectivity index (χ3n) is 5.32. The molecule has 8 heteroatoms. The third kappa shape index (κ3) is 3.25. The molecule has 0 aliphatic carbocycles. The Balaban J connectivity index is 1.46. The van der Waals surface area contributed by atoms with Gasteiger partial charge in [0.05, 0.1) is 12.9 Å². The van der Waals surface area contributed by atoms with Crippen molar-refractivity contribution in [2.24, 2.45) is 7.05 Å². The van der Waals surface area contributed by atoms with E-state index in [1.165, 1.54) is 0 Å². The van der Waals surface area contributed by atoms with Crippen molar-refractivity contribution in [1.82, 2.24) is 34.1 Å². The predicted molar refractivity (Wildman–Crippen MR) is 92.1 cm³/mol. The number of hydrogen-bond donors (Lipinski definition) is 0. The van der Waals surface area contributed by atoms with Crippen LogP contribution in [-0.4, -0.2) is 66.3 Å². The molecule has 2 aliphatic heterocycles. The van der Waals surface area contributed by atoms with E-state index in [0.717, 1.165) is 63.5 Å². The van der Waals surface area contributed by atoms with Crippen LogP contribution in [0.1, 0.15) is 43.3 Å². The molecule has 0 radical (unpaired) electrons. The van der Waals surface area contributed by atoms with Gasteiger partial charge in [0.25, 0.3) is 0 Å². The molecular formula is C17H25N7O. The Morgan fingerprint density at radius 1 is 1.16 bits per heavy atom.